The predicted octanol–water partition coefficient (Wildman–Crippen LogP) is 1.84. The Labute approximate surface area is 125 Å². The first-order valence-corrected chi connectivity index (χ1v) is 7.41. The number of rotatable bonds is 4. The molecule has 3 amide bonds. The van der Waals surface area contributed by atoms with Crippen molar-refractivity contribution in [2.75, 3.05) is 20.6 Å². The molecule has 0 fully saturated rings. The first-order valence-electron chi connectivity index (χ1n) is 7.41. The Bertz CT molecular complexity index is 516. The average Bonchev–Trinajstić information content (AvgIpc) is 2.51. The van der Waals surface area contributed by atoms with E-state index in [0.29, 0.717) is 19.0 Å². The van der Waals surface area contributed by atoms with Crippen LogP contribution in [0.15, 0.2) is 24.3 Å². The molecule has 1 atom stereocenters. The van der Waals surface area contributed by atoms with Crippen molar-refractivity contribution < 1.29 is 9.59 Å². The minimum absolute atomic E-state index is 0.245. The number of benzene rings is 1. The number of hydrogen-bond acceptors (Lipinski definition) is 3. The molecule has 114 valence electrons. The van der Waals surface area contributed by atoms with E-state index < -0.39 is 6.03 Å². The van der Waals surface area contributed by atoms with Gasteiger partial charge in [0, 0.05) is 26.1 Å². The highest BCUT2D eigenvalue weighted by molar-refractivity contribution is 5.94. The number of amides is 3. The van der Waals surface area contributed by atoms with Crippen LogP contribution >= 0.6 is 0 Å². The van der Waals surface area contributed by atoms with Gasteiger partial charge in [-0.2, -0.15) is 0 Å². The molecule has 0 radical (unpaired) electrons. The second-order valence-electron chi connectivity index (χ2n) is 5.46. The lowest BCUT2D eigenvalue weighted by atomic mass is 9.87. The van der Waals surface area contributed by atoms with E-state index in [-0.39, 0.29) is 5.91 Å². The number of aryl methyl sites for hydroxylation is 1. The van der Waals surface area contributed by atoms with Gasteiger partial charge in [-0.1, -0.05) is 24.3 Å². The zero-order valence-electron chi connectivity index (χ0n) is 12.7. The third-order valence-corrected chi connectivity index (χ3v) is 4.04. The van der Waals surface area contributed by atoms with Crippen LogP contribution in [0.3, 0.4) is 0 Å². The van der Waals surface area contributed by atoms with E-state index in [9.17, 15) is 9.59 Å². The quantitative estimate of drug-likeness (QED) is 0.889. The molecule has 21 heavy (non-hydrogen) atoms. The molecule has 0 aromatic heterocycles. The number of urea groups is 1. The highest BCUT2D eigenvalue weighted by Gasteiger charge is 2.23. The Morgan fingerprint density at radius 3 is 2.86 bits per heavy atom. The molecule has 5 nitrogen and oxygen atoms in total. The van der Waals surface area contributed by atoms with Gasteiger partial charge in [0.1, 0.15) is 0 Å². The smallest absolute Gasteiger partial charge is 0.321 e. The lowest BCUT2D eigenvalue weighted by molar-refractivity contribution is -0.120. The van der Waals surface area contributed by atoms with Crippen molar-refractivity contribution in [2.24, 2.45) is 0 Å². The molecule has 0 bridgehead atoms. The van der Waals surface area contributed by atoms with Gasteiger partial charge in [0.25, 0.3) is 0 Å². The zero-order chi connectivity index (χ0) is 15.2. The van der Waals surface area contributed by atoms with Crippen LogP contribution in [0.2, 0.25) is 0 Å². The Morgan fingerprint density at radius 2 is 2.10 bits per heavy atom. The maximum atomic E-state index is 11.6. The summed E-state index contributed by atoms with van der Waals surface area (Å²) in [6.07, 6.45) is 3.75. The largest absolute Gasteiger partial charge is 0.341 e. The Hall–Kier alpha value is -1.88. The van der Waals surface area contributed by atoms with Gasteiger partial charge < -0.3 is 5.32 Å². The molecule has 0 unspecified atom stereocenters. The number of nitrogens with one attached hydrogen (secondary N) is 2. The molecule has 1 aromatic rings. The summed E-state index contributed by atoms with van der Waals surface area (Å²) in [4.78, 5) is 24.9. The summed E-state index contributed by atoms with van der Waals surface area (Å²) in [6.45, 7) is 0.641. The van der Waals surface area contributed by atoms with E-state index >= 15 is 0 Å². The van der Waals surface area contributed by atoms with Crippen LogP contribution in [0.5, 0.6) is 0 Å². The van der Waals surface area contributed by atoms with Crippen LogP contribution in [-0.2, 0) is 11.2 Å². The van der Waals surface area contributed by atoms with Gasteiger partial charge in [-0.25, -0.2) is 4.79 Å². The van der Waals surface area contributed by atoms with Crippen LogP contribution in [0.4, 0.5) is 4.79 Å². The van der Waals surface area contributed by atoms with Gasteiger partial charge in [-0.15, -0.1) is 0 Å². The fraction of sp³-hybridized carbons (Fsp3) is 0.500. The summed E-state index contributed by atoms with van der Waals surface area (Å²) < 4.78 is 0. The molecular weight excluding hydrogens is 266 g/mol. The van der Waals surface area contributed by atoms with Crippen molar-refractivity contribution >= 4 is 11.9 Å². The Morgan fingerprint density at radius 1 is 1.33 bits per heavy atom. The molecule has 2 N–H and O–H groups in total. The number of imide groups is 1. The molecular formula is C16H23N3O2. The third kappa shape index (κ3) is 4.04. The molecule has 0 saturated carbocycles. The number of carbonyl (C=O) groups excluding carboxylic acids is 2. The number of fused-ring (bicyclic) bond motifs is 1. The second-order valence-corrected chi connectivity index (χ2v) is 5.46. The summed E-state index contributed by atoms with van der Waals surface area (Å²) in [5.74, 6) is -0.245. The number of hydrogen-bond donors (Lipinski definition) is 2. The summed E-state index contributed by atoms with van der Waals surface area (Å²) in [5, 5.41) is 4.67. The zero-order valence-corrected chi connectivity index (χ0v) is 12.7. The van der Waals surface area contributed by atoms with E-state index in [1.807, 2.05) is 7.05 Å². The van der Waals surface area contributed by atoms with Crippen molar-refractivity contribution in [1.29, 1.82) is 0 Å². The monoisotopic (exact) mass is 289 g/mol. The van der Waals surface area contributed by atoms with Gasteiger partial charge in [0.05, 0.1) is 0 Å². The van der Waals surface area contributed by atoms with Crippen molar-refractivity contribution in [2.45, 2.75) is 31.7 Å². The standard InChI is InChI=1S/C16H23N3O2/c1-17-16(21)18-15(20)10-11-19(2)14-9-5-7-12-6-3-4-8-13(12)14/h3-4,6,8,14H,5,7,9-11H2,1-2H3,(H2,17,18,20,21)/t14-/m1/s1. The van der Waals surface area contributed by atoms with Gasteiger partial charge in [0.2, 0.25) is 5.91 Å². The maximum Gasteiger partial charge on any atom is 0.321 e. The fourth-order valence-electron chi connectivity index (χ4n) is 2.87. The van der Waals surface area contributed by atoms with Gasteiger partial charge >= 0.3 is 6.03 Å². The van der Waals surface area contributed by atoms with E-state index in [1.165, 1.54) is 24.6 Å². The molecule has 0 spiro atoms. The van der Waals surface area contributed by atoms with Crippen molar-refractivity contribution in [3.8, 4) is 0 Å². The topological polar surface area (TPSA) is 61.4 Å². The van der Waals surface area contributed by atoms with E-state index in [1.54, 1.807) is 0 Å². The molecule has 0 aliphatic heterocycles. The molecule has 1 aliphatic rings. The molecule has 0 saturated heterocycles. The van der Waals surface area contributed by atoms with Crippen LogP contribution in [-0.4, -0.2) is 37.5 Å². The summed E-state index contributed by atoms with van der Waals surface area (Å²) in [5.41, 5.74) is 2.79. The minimum Gasteiger partial charge on any atom is -0.341 e. The summed E-state index contributed by atoms with van der Waals surface area (Å²) in [7, 11) is 3.54. The normalized spacial score (nSPS) is 17.2. The van der Waals surface area contributed by atoms with Crippen LogP contribution in [0, 0.1) is 0 Å². The molecule has 2 rings (SSSR count). The SMILES string of the molecule is CNC(=O)NC(=O)CCN(C)[C@@H]1CCCc2ccccc21. The molecule has 5 heteroatoms. The summed E-state index contributed by atoms with van der Waals surface area (Å²) >= 11 is 0. The average molecular weight is 289 g/mol. The van der Waals surface area contributed by atoms with Crippen molar-refractivity contribution in [3.63, 3.8) is 0 Å². The summed E-state index contributed by atoms with van der Waals surface area (Å²) in [6, 6.07) is 8.43. The van der Waals surface area contributed by atoms with Crippen LogP contribution in [0.25, 0.3) is 0 Å². The lowest BCUT2D eigenvalue weighted by Crippen LogP contribution is -2.39. The Balaban J connectivity index is 1.91. The predicted molar refractivity (Wildman–Crippen MR) is 82.0 cm³/mol. The third-order valence-electron chi connectivity index (χ3n) is 4.04. The Kier molecular flexibility index (Phi) is 5.33. The highest BCUT2D eigenvalue weighted by Crippen LogP contribution is 2.33. The molecule has 1 aromatic carbocycles. The first kappa shape index (κ1) is 15.5. The van der Waals surface area contributed by atoms with Crippen LogP contribution in [0.1, 0.15) is 36.4 Å². The number of nitrogens with zero attached hydrogens (tertiary/aromatic N) is 1. The minimum atomic E-state index is -0.453. The van der Waals surface area contributed by atoms with Gasteiger partial charge in [0.15, 0.2) is 0 Å². The van der Waals surface area contributed by atoms with Crippen molar-refractivity contribution in [1.82, 2.24) is 15.5 Å². The molecule has 0 heterocycles. The highest BCUT2D eigenvalue weighted by atomic mass is 16.2. The van der Waals surface area contributed by atoms with E-state index in [0.717, 1.165) is 12.8 Å². The first-order chi connectivity index (χ1) is 10.1. The molecule has 1 aliphatic carbocycles. The number of carbonyl (C=O) groups is 2. The van der Waals surface area contributed by atoms with Gasteiger partial charge in [-0.3, -0.25) is 15.0 Å². The maximum absolute atomic E-state index is 11.6. The fourth-order valence-corrected chi connectivity index (χ4v) is 2.87. The van der Waals surface area contributed by atoms with E-state index in [2.05, 4.69) is 39.8 Å². The second kappa shape index (κ2) is 7.22. The van der Waals surface area contributed by atoms with Crippen LogP contribution < -0.4 is 10.6 Å². The van der Waals surface area contributed by atoms with E-state index in [4.69, 9.17) is 0 Å². The lowest BCUT2D eigenvalue weighted by Gasteiger charge is -2.33. The van der Waals surface area contributed by atoms with Gasteiger partial charge in [-0.05, 0) is 37.4 Å². The van der Waals surface area contributed by atoms with Crippen molar-refractivity contribution in [3.05, 3.63) is 35.4 Å².